The summed E-state index contributed by atoms with van der Waals surface area (Å²) in [5.41, 5.74) is 0. The standard InChI is InChI=1S/C13H20N2O4S/c1-8(2)14-10(16)6-19-12(18)9-7-20-13(3)5-4-11(17)15(9)13/h8-9H,4-7H2,1-3H3,(H,14,16)/t9-,13+/m0/s1. The maximum Gasteiger partial charge on any atom is 0.330 e. The number of carbonyl (C=O) groups is 3. The quantitative estimate of drug-likeness (QED) is 0.766. The Bertz CT molecular complexity index is 440. The number of fused-ring (bicyclic) bond motifs is 1. The zero-order valence-electron chi connectivity index (χ0n) is 12.0. The minimum Gasteiger partial charge on any atom is -0.454 e. The van der Waals surface area contributed by atoms with Gasteiger partial charge in [0.25, 0.3) is 5.91 Å². The number of carbonyl (C=O) groups excluding carboxylic acids is 3. The van der Waals surface area contributed by atoms with Crippen LogP contribution in [-0.4, -0.2) is 52.0 Å². The number of hydrogen-bond acceptors (Lipinski definition) is 5. The van der Waals surface area contributed by atoms with Gasteiger partial charge >= 0.3 is 5.97 Å². The van der Waals surface area contributed by atoms with Crippen molar-refractivity contribution in [1.82, 2.24) is 10.2 Å². The molecule has 6 nitrogen and oxygen atoms in total. The zero-order chi connectivity index (χ0) is 14.9. The normalized spacial score (nSPS) is 28.7. The Kier molecular flexibility index (Phi) is 4.27. The predicted molar refractivity (Wildman–Crippen MR) is 75.0 cm³/mol. The maximum atomic E-state index is 12.1. The van der Waals surface area contributed by atoms with Gasteiger partial charge in [-0.15, -0.1) is 11.8 Å². The Morgan fingerprint density at radius 1 is 1.55 bits per heavy atom. The first-order valence-electron chi connectivity index (χ1n) is 6.75. The van der Waals surface area contributed by atoms with Crippen LogP contribution in [0.2, 0.25) is 0 Å². The van der Waals surface area contributed by atoms with Gasteiger partial charge in [0.1, 0.15) is 6.04 Å². The predicted octanol–water partition coefficient (Wildman–Crippen LogP) is 0.508. The summed E-state index contributed by atoms with van der Waals surface area (Å²) < 4.78 is 5.03. The Morgan fingerprint density at radius 2 is 2.25 bits per heavy atom. The molecule has 2 heterocycles. The molecule has 2 aliphatic rings. The summed E-state index contributed by atoms with van der Waals surface area (Å²) in [4.78, 5) is 36.7. The smallest absolute Gasteiger partial charge is 0.330 e. The van der Waals surface area contributed by atoms with E-state index in [2.05, 4.69) is 5.32 Å². The summed E-state index contributed by atoms with van der Waals surface area (Å²) in [7, 11) is 0. The van der Waals surface area contributed by atoms with Crippen LogP contribution < -0.4 is 5.32 Å². The molecule has 20 heavy (non-hydrogen) atoms. The van der Waals surface area contributed by atoms with Crippen LogP contribution in [-0.2, 0) is 19.1 Å². The number of hydrogen-bond donors (Lipinski definition) is 1. The lowest BCUT2D eigenvalue weighted by molar-refractivity contribution is -0.156. The van der Waals surface area contributed by atoms with E-state index < -0.39 is 12.0 Å². The van der Waals surface area contributed by atoms with Crippen molar-refractivity contribution in [2.24, 2.45) is 0 Å². The number of esters is 1. The molecule has 7 heteroatoms. The van der Waals surface area contributed by atoms with E-state index in [1.165, 1.54) is 0 Å². The van der Waals surface area contributed by atoms with E-state index in [9.17, 15) is 14.4 Å². The van der Waals surface area contributed by atoms with Gasteiger partial charge in [0.05, 0.1) is 4.87 Å². The van der Waals surface area contributed by atoms with Crippen LogP contribution in [0.15, 0.2) is 0 Å². The van der Waals surface area contributed by atoms with Gasteiger partial charge < -0.3 is 15.0 Å². The van der Waals surface area contributed by atoms with E-state index in [0.29, 0.717) is 12.2 Å². The lowest BCUT2D eigenvalue weighted by atomic mass is 10.2. The minimum absolute atomic E-state index is 0.00619. The highest BCUT2D eigenvalue weighted by atomic mass is 32.2. The highest BCUT2D eigenvalue weighted by Crippen LogP contribution is 2.47. The van der Waals surface area contributed by atoms with Crippen molar-refractivity contribution in [3.8, 4) is 0 Å². The van der Waals surface area contributed by atoms with Crippen LogP contribution in [0.1, 0.15) is 33.6 Å². The Morgan fingerprint density at radius 3 is 2.90 bits per heavy atom. The molecule has 0 spiro atoms. The molecule has 112 valence electrons. The third-order valence-electron chi connectivity index (χ3n) is 3.51. The first-order chi connectivity index (χ1) is 9.33. The van der Waals surface area contributed by atoms with Crippen molar-refractivity contribution < 1.29 is 19.1 Å². The number of thioether (sulfide) groups is 1. The number of rotatable bonds is 4. The summed E-state index contributed by atoms with van der Waals surface area (Å²) in [5, 5.41) is 2.65. The number of nitrogens with one attached hydrogen (secondary N) is 1. The van der Waals surface area contributed by atoms with Gasteiger partial charge in [-0.25, -0.2) is 4.79 Å². The molecule has 2 amide bonds. The minimum atomic E-state index is -0.563. The number of ether oxygens (including phenoxy) is 1. The largest absolute Gasteiger partial charge is 0.454 e. The van der Waals surface area contributed by atoms with Gasteiger partial charge in [0.2, 0.25) is 5.91 Å². The molecule has 2 atom stereocenters. The van der Waals surface area contributed by atoms with Crippen molar-refractivity contribution in [2.75, 3.05) is 12.4 Å². The monoisotopic (exact) mass is 300 g/mol. The fourth-order valence-corrected chi connectivity index (χ4v) is 4.01. The van der Waals surface area contributed by atoms with Crippen LogP contribution in [0.3, 0.4) is 0 Å². The van der Waals surface area contributed by atoms with E-state index in [-0.39, 0.29) is 29.3 Å². The van der Waals surface area contributed by atoms with Crippen LogP contribution in [0.4, 0.5) is 0 Å². The summed E-state index contributed by atoms with van der Waals surface area (Å²) in [6.07, 6.45) is 1.23. The molecule has 0 aliphatic carbocycles. The van der Waals surface area contributed by atoms with Gasteiger partial charge in [0.15, 0.2) is 6.61 Å². The van der Waals surface area contributed by atoms with Crippen LogP contribution in [0.5, 0.6) is 0 Å². The van der Waals surface area contributed by atoms with Crippen molar-refractivity contribution in [1.29, 1.82) is 0 Å². The number of amides is 2. The van der Waals surface area contributed by atoms with Gasteiger partial charge in [-0.1, -0.05) is 0 Å². The fourth-order valence-electron chi connectivity index (χ4n) is 2.59. The fraction of sp³-hybridized carbons (Fsp3) is 0.769. The van der Waals surface area contributed by atoms with Gasteiger partial charge in [0, 0.05) is 18.2 Å². The van der Waals surface area contributed by atoms with Crippen LogP contribution in [0.25, 0.3) is 0 Å². The van der Waals surface area contributed by atoms with Crippen molar-refractivity contribution in [3.05, 3.63) is 0 Å². The van der Waals surface area contributed by atoms with Gasteiger partial charge in [-0.05, 0) is 27.2 Å². The van der Waals surface area contributed by atoms with E-state index in [4.69, 9.17) is 4.74 Å². The second kappa shape index (κ2) is 5.63. The molecule has 0 aromatic heterocycles. The Labute approximate surface area is 122 Å². The molecular weight excluding hydrogens is 280 g/mol. The SMILES string of the molecule is CC(C)NC(=O)COC(=O)[C@@H]1CS[C@]2(C)CCC(=O)N12. The average Bonchev–Trinajstić information content (AvgIpc) is 2.83. The van der Waals surface area contributed by atoms with Crippen molar-refractivity contribution >= 4 is 29.5 Å². The topological polar surface area (TPSA) is 75.7 Å². The molecule has 1 N–H and O–H groups in total. The molecule has 0 aromatic rings. The summed E-state index contributed by atoms with van der Waals surface area (Å²) in [5.74, 6) is -0.289. The summed E-state index contributed by atoms with van der Waals surface area (Å²) in [6.45, 7) is 5.35. The first-order valence-corrected chi connectivity index (χ1v) is 7.74. The molecule has 0 unspecified atom stereocenters. The average molecular weight is 300 g/mol. The second-order valence-electron chi connectivity index (χ2n) is 5.60. The zero-order valence-corrected chi connectivity index (χ0v) is 12.8. The van der Waals surface area contributed by atoms with Crippen LogP contribution in [0, 0.1) is 0 Å². The first kappa shape index (κ1) is 15.2. The summed E-state index contributed by atoms with van der Waals surface area (Å²) >= 11 is 1.60. The molecular formula is C13H20N2O4S. The molecule has 0 aromatic carbocycles. The lowest BCUT2D eigenvalue weighted by Crippen LogP contribution is -2.47. The van der Waals surface area contributed by atoms with E-state index in [0.717, 1.165) is 6.42 Å². The van der Waals surface area contributed by atoms with Gasteiger partial charge in [-0.3, -0.25) is 9.59 Å². The molecule has 0 saturated carbocycles. The van der Waals surface area contributed by atoms with E-state index in [1.54, 1.807) is 16.7 Å². The second-order valence-corrected chi connectivity index (χ2v) is 7.10. The van der Waals surface area contributed by atoms with Crippen molar-refractivity contribution in [3.63, 3.8) is 0 Å². The lowest BCUT2D eigenvalue weighted by Gasteiger charge is -2.29. The molecule has 0 radical (unpaired) electrons. The summed E-state index contributed by atoms with van der Waals surface area (Å²) in [6, 6.07) is -0.557. The molecule has 2 saturated heterocycles. The Hall–Kier alpha value is -1.24. The highest BCUT2D eigenvalue weighted by Gasteiger charge is 2.53. The third-order valence-corrected chi connectivity index (χ3v) is 5.02. The van der Waals surface area contributed by atoms with E-state index >= 15 is 0 Å². The highest BCUT2D eigenvalue weighted by molar-refractivity contribution is 8.01. The molecule has 2 aliphatic heterocycles. The number of nitrogens with zero attached hydrogens (tertiary/aromatic N) is 1. The molecule has 2 rings (SSSR count). The van der Waals surface area contributed by atoms with E-state index in [1.807, 2.05) is 20.8 Å². The van der Waals surface area contributed by atoms with Gasteiger partial charge in [-0.2, -0.15) is 0 Å². The molecule has 2 fully saturated rings. The Balaban J connectivity index is 1.90. The maximum absolute atomic E-state index is 12.1. The third kappa shape index (κ3) is 2.92. The van der Waals surface area contributed by atoms with Crippen molar-refractivity contribution in [2.45, 2.75) is 50.6 Å². The van der Waals surface area contributed by atoms with Crippen LogP contribution >= 0.6 is 11.8 Å². The molecule has 0 bridgehead atoms.